The average molecular weight is 524 g/mol. The van der Waals surface area contributed by atoms with Crippen LogP contribution in [0, 0.1) is 17.6 Å². The van der Waals surface area contributed by atoms with E-state index in [0.29, 0.717) is 24.6 Å². The Morgan fingerprint density at radius 1 is 1.13 bits per heavy atom. The molecule has 2 unspecified atom stereocenters. The van der Waals surface area contributed by atoms with E-state index >= 15 is 0 Å². The highest BCUT2D eigenvalue weighted by Crippen LogP contribution is 2.36. The molecule has 3 heterocycles. The number of likely N-dealkylation sites (tertiary alicyclic amines) is 1. The molecule has 1 amide bonds. The zero-order chi connectivity index (χ0) is 26.6. The average Bonchev–Trinajstić information content (AvgIpc) is 3.34. The van der Waals surface area contributed by atoms with Gasteiger partial charge >= 0.3 is 0 Å². The van der Waals surface area contributed by atoms with Gasteiger partial charge in [-0.15, -0.1) is 0 Å². The molecule has 0 radical (unpaired) electrons. The Hall–Kier alpha value is -3.14. The summed E-state index contributed by atoms with van der Waals surface area (Å²) in [7, 11) is 0. The Morgan fingerprint density at radius 3 is 2.53 bits per heavy atom. The maximum absolute atomic E-state index is 13.4. The SMILES string of the molecule is NC(O)C(NC1CCC(c2c[nH]c3cccnc23)CC1)C1CCN(C(=O)/C=C/c2cc(F)cc(F)c2)CC1. The second-order valence-corrected chi connectivity index (χ2v) is 10.6. The molecule has 9 heteroatoms. The van der Waals surface area contributed by atoms with E-state index in [-0.39, 0.29) is 23.9 Å². The van der Waals surface area contributed by atoms with Crippen molar-refractivity contribution in [3.05, 3.63) is 71.6 Å². The second-order valence-electron chi connectivity index (χ2n) is 10.6. The van der Waals surface area contributed by atoms with Gasteiger partial charge in [-0.3, -0.25) is 9.78 Å². The van der Waals surface area contributed by atoms with Crippen molar-refractivity contribution in [3.63, 3.8) is 0 Å². The Bertz CT molecular complexity index is 1260. The van der Waals surface area contributed by atoms with Crippen LogP contribution in [0.25, 0.3) is 17.1 Å². The van der Waals surface area contributed by atoms with E-state index in [9.17, 15) is 18.7 Å². The lowest BCUT2D eigenvalue weighted by atomic mass is 9.81. The number of benzene rings is 1. The zero-order valence-electron chi connectivity index (χ0n) is 21.3. The fraction of sp³-hybridized carbons (Fsp3) is 0.448. The fourth-order valence-corrected chi connectivity index (χ4v) is 6.07. The number of nitrogens with two attached hydrogens (primary N) is 1. The molecule has 2 aliphatic rings. The van der Waals surface area contributed by atoms with Gasteiger partial charge in [0.25, 0.3) is 0 Å². The number of aliphatic hydroxyl groups excluding tert-OH is 1. The predicted octanol–water partition coefficient (Wildman–Crippen LogP) is 4.05. The number of carbonyl (C=O) groups excluding carboxylic acids is 1. The number of aromatic nitrogens is 2. The van der Waals surface area contributed by atoms with Gasteiger partial charge in [-0.05, 0) is 91.8 Å². The van der Waals surface area contributed by atoms with E-state index in [4.69, 9.17) is 5.73 Å². The number of hydrogen-bond donors (Lipinski definition) is 4. The van der Waals surface area contributed by atoms with Crippen LogP contribution in [0.5, 0.6) is 0 Å². The maximum atomic E-state index is 13.4. The van der Waals surface area contributed by atoms with E-state index in [2.05, 4.69) is 21.5 Å². The van der Waals surface area contributed by atoms with Gasteiger partial charge < -0.3 is 26.0 Å². The number of aromatic amines is 1. The first-order chi connectivity index (χ1) is 18.4. The molecule has 2 fully saturated rings. The summed E-state index contributed by atoms with van der Waals surface area (Å²) in [5, 5.41) is 14.0. The Labute approximate surface area is 221 Å². The van der Waals surface area contributed by atoms with E-state index in [1.165, 1.54) is 29.8 Å². The summed E-state index contributed by atoms with van der Waals surface area (Å²) in [6.07, 6.45) is 11.2. The summed E-state index contributed by atoms with van der Waals surface area (Å²) >= 11 is 0. The third-order valence-corrected chi connectivity index (χ3v) is 8.09. The Morgan fingerprint density at radius 2 is 1.84 bits per heavy atom. The molecule has 202 valence electrons. The minimum Gasteiger partial charge on any atom is -0.377 e. The number of pyridine rings is 1. The Kier molecular flexibility index (Phi) is 8.16. The number of nitrogens with zero attached hydrogens (tertiary/aromatic N) is 2. The fourth-order valence-electron chi connectivity index (χ4n) is 6.07. The number of nitrogens with one attached hydrogen (secondary N) is 2. The molecule has 2 aromatic heterocycles. The zero-order valence-corrected chi connectivity index (χ0v) is 21.3. The predicted molar refractivity (Wildman–Crippen MR) is 143 cm³/mol. The van der Waals surface area contributed by atoms with Crippen molar-refractivity contribution in [1.82, 2.24) is 20.2 Å². The standard InChI is InChI=1S/C29H35F2N5O2/c30-21-14-18(15-22(31)16-21)3-8-26(37)36-12-9-20(10-13-36)27(29(32)38)35-23-6-4-19(5-7-23)24-17-34-25-2-1-11-33-28(24)25/h1-3,8,11,14-17,19-20,23,27,29,34-35,38H,4-7,9-10,12-13,32H2/b8-3+. The number of piperidine rings is 1. The molecule has 0 spiro atoms. The number of amides is 1. The van der Waals surface area contributed by atoms with Crippen LogP contribution < -0.4 is 11.1 Å². The molecule has 1 aliphatic heterocycles. The highest BCUT2D eigenvalue weighted by Gasteiger charge is 2.34. The first kappa shape index (κ1) is 26.5. The lowest BCUT2D eigenvalue weighted by molar-refractivity contribution is -0.127. The summed E-state index contributed by atoms with van der Waals surface area (Å²) in [5.41, 5.74) is 9.71. The number of rotatable bonds is 7. The van der Waals surface area contributed by atoms with Crippen LogP contribution in [0.1, 0.15) is 55.6 Å². The third kappa shape index (κ3) is 6.11. The smallest absolute Gasteiger partial charge is 0.246 e. The van der Waals surface area contributed by atoms with Crippen molar-refractivity contribution < 1.29 is 18.7 Å². The van der Waals surface area contributed by atoms with Crippen LogP contribution in [0.3, 0.4) is 0 Å². The van der Waals surface area contributed by atoms with Crippen molar-refractivity contribution in [2.24, 2.45) is 11.7 Å². The lowest BCUT2D eigenvalue weighted by Gasteiger charge is -2.40. The van der Waals surface area contributed by atoms with Gasteiger partial charge in [0.2, 0.25) is 5.91 Å². The van der Waals surface area contributed by atoms with Crippen LogP contribution in [-0.2, 0) is 4.79 Å². The molecular weight excluding hydrogens is 488 g/mol. The third-order valence-electron chi connectivity index (χ3n) is 8.09. The van der Waals surface area contributed by atoms with Gasteiger partial charge in [-0.2, -0.15) is 0 Å². The summed E-state index contributed by atoms with van der Waals surface area (Å²) in [6, 6.07) is 7.19. The van der Waals surface area contributed by atoms with Gasteiger partial charge in [0.1, 0.15) is 17.9 Å². The molecular formula is C29H35F2N5O2. The van der Waals surface area contributed by atoms with E-state index in [0.717, 1.165) is 55.6 Å². The van der Waals surface area contributed by atoms with Crippen LogP contribution in [0.4, 0.5) is 8.78 Å². The van der Waals surface area contributed by atoms with Gasteiger partial charge in [-0.1, -0.05) is 0 Å². The molecule has 3 aromatic rings. The van der Waals surface area contributed by atoms with Crippen LogP contribution in [-0.4, -0.2) is 57.3 Å². The number of carbonyl (C=O) groups is 1. The molecule has 1 saturated heterocycles. The van der Waals surface area contributed by atoms with Gasteiger partial charge in [0.05, 0.1) is 11.0 Å². The number of H-pyrrole nitrogens is 1. The summed E-state index contributed by atoms with van der Waals surface area (Å²) in [4.78, 5) is 22.2. The van der Waals surface area contributed by atoms with Crippen molar-refractivity contribution >= 4 is 23.0 Å². The van der Waals surface area contributed by atoms with Crippen molar-refractivity contribution in [1.29, 1.82) is 0 Å². The maximum Gasteiger partial charge on any atom is 0.246 e. The highest BCUT2D eigenvalue weighted by atomic mass is 19.1. The minimum absolute atomic E-state index is 0.149. The van der Waals surface area contributed by atoms with Crippen molar-refractivity contribution in [2.75, 3.05) is 13.1 Å². The monoisotopic (exact) mass is 523 g/mol. The first-order valence-electron chi connectivity index (χ1n) is 13.4. The number of fused-ring (bicyclic) bond motifs is 1. The topological polar surface area (TPSA) is 107 Å². The van der Waals surface area contributed by atoms with Crippen LogP contribution in [0.2, 0.25) is 0 Å². The molecule has 38 heavy (non-hydrogen) atoms. The molecule has 5 N–H and O–H groups in total. The van der Waals surface area contributed by atoms with Gasteiger partial charge in [-0.25, -0.2) is 8.78 Å². The molecule has 5 rings (SSSR count). The Balaban J connectivity index is 1.12. The van der Waals surface area contributed by atoms with Crippen LogP contribution in [0.15, 0.2) is 48.8 Å². The van der Waals surface area contributed by atoms with Crippen molar-refractivity contribution in [2.45, 2.75) is 62.8 Å². The van der Waals surface area contributed by atoms with Gasteiger partial charge in [0.15, 0.2) is 0 Å². The molecule has 2 atom stereocenters. The van der Waals surface area contributed by atoms with Gasteiger partial charge in [0, 0.05) is 49.7 Å². The van der Waals surface area contributed by atoms with Crippen LogP contribution >= 0.6 is 0 Å². The van der Waals surface area contributed by atoms with E-state index in [1.807, 2.05) is 18.3 Å². The summed E-state index contributed by atoms with van der Waals surface area (Å²) < 4.78 is 26.8. The van der Waals surface area contributed by atoms with E-state index in [1.54, 1.807) is 4.90 Å². The quantitative estimate of drug-likeness (QED) is 0.276. The minimum atomic E-state index is -0.986. The van der Waals surface area contributed by atoms with Crippen molar-refractivity contribution in [3.8, 4) is 0 Å². The molecule has 1 aromatic carbocycles. The number of halogens is 2. The number of aliphatic hydroxyl groups is 1. The molecule has 1 aliphatic carbocycles. The summed E-state index contributed by atoms with van der Waals surface area (Å²) in [6.45, 7) is 1.08. The largest absolute Gasteiger partial charge is 0.377 e. The molecule has 0 bridgehead atoms. The second kappa shape index (κ2) is 11.7. The first-order valence-corrected chi connectivity index (χ1v) is 13.4. The molecule has 1 saturated carbocycles. The van der Waals surface area contributed by atoms with E-state index < -0.39 is 17.9 Å². The highest BCUT2D eigenvalue weighted by molar-refractivity contribution is 5.91. The normalized spacial score (nSPS) is 22.7. The molecule has 7 nitrogen and oxygen atoms in total. The lowest BCUT2D eigenvalue weighted by Crippen LogP contribution is -2.56. The summed E-state index contributed by atoms with van der Waals surface area (Å²) in [5.74, 6) is -0.948. The number of hydrogen-bond acceptors (Lipinski definition) is 5.